The molecule has 12 heavy (non-hydrogen) atoms. The van der Waals surface area contributed by atoms with Crippen molar-refractivity contribution in [1.82, 2.24) is 0 Å². The summed E-state index contributed by atoms with van der Waals surface area (Å²) in [6.45, 7) is 0. The van der Waals surface area contributed by atoms with E-state index < -0.39 is 21.5 Å². The number of halogens is 8. The predicted molar refractivity (Wildman–Crippen MR) is 40.9 cm³/mol. The van der Waals surface area contributed by atoms with E-state index in [0.717, 1.165) is 0 Å². The molecule has 0 radical (unpaired) electrons. The zero-order chi connectivity index (χ0) is 10.2. The van der Waals surface area contributed by atoms with Gasteiger partial charge in [0, 0.05) is 0 Å². The lowest BCUT2D eigenvalue weighted by atomic mass is 10.2. The van der Waals surface area contributed by atoms with Crippen LogP contribution < -0.4 is 0 Å². The van der Waals surface area contributed by atoms with Gasteiger partial charge in [-0.1, -0.05) is 34.8 Å². The van der Waals surface area contributed by atoms with Crippen molar-refractivity contribution < 1.29 is 17.6 Å². The summed E-state index contributed by atoms with van der Waals surface area (Å²) < 4.78 is 46.2. The molecule has 0 rings (SSSR count). The normalized spacial score (nSPS) is 15.0. The van der Waals surface area contributed by atoms with E-state index in [0.29, 0.717) is 0 Å². The van der Waals surface area contributed by atoms with Crippen molar-refractivity contribution in [2.24, 2.45) is 0 Å². The fraction of sp³-hybridized carbons (Fsp3) is 1.00. The van der Waals surface area contributed by atoms with Gasteiger partial charge in [0.2, 0.25) is 0 Å². The van der Waals surface area contributed by atoms with Crippen LogP contribution in [0.3, 0.4) is 0 Å². The molecule has 0 unspecified atom stereocenters. The van der Waals surface area contributed by atoms with Gasteiger partial charge >= 0.3 is 11.8 Å². The molecule has 0 atom stereocenters. The maximum Gasteiger partial charge on any atom is 0.357 e. The molecule has 0 fully saturated rings. The fourth-order valence-corrected chi connectivity index (χ4v) is 0.874. The summed E-state index contributed by atoms with van der Waals surface area (Å²) in [6, 6.07) is 0. The van der Waals surface area contributed by atoms with Gasteiger partial charge in [-0.15, -0.1) is 11.6 Å². The quantitative estimate of drug-likeness (QED) is 0.526. The van der Waals surface area contributed by atoms with Crippen LogP contribution in [0.1, 0.15) is 0 Å². The Kier molecular flexibility index (Phi) is 3.82. The van der Waals surface area contributed by atoms with Gasteiger partial charge in [0.25, 0.3) is 3.79 Å². The number of rotatable bonds is 2. The molecule has 0 aliphatic rings. The van der Waals surface area contributed by atoms with E-state index in [4.69, 9.17) is 0 Å². The molecular weight excluding hydrogens is 266 g/mol. The topological polar surface area (TPSA) is 0 Å². The second kappa shape index (κ2) is 3.56. The summed E-state index contributed by atoms with van der Waals surface area (Å²) >= 11 is 18.5. The molecule has 0 aromatic heterocycles. The van der Waals surface area contributed by atoms with Crippen molar-refractivity contribution in [3.05, 3.63) is 0 Å². The van der Waals surface area contributed by atoms with Crippen LogP contribution in [0.4, 0.5) is 17.6 Å². The van der Waals surface area contributed by atoms with Crippen molar-refractivity contribution in [3.8, 4) is 0 Å². The van der Waals surface area contributed by atoms with Gasteiger partial charge in [0.15, 0.2) is 0 Å². The van der Waals surface area contributed by atoms with Gasteiger partial charge in [-0.05, 0) is 0 Å². The standard InChI is InChI=1S/C4H2Cl4F4/c5-1-2(9,10)3(11,12)4(6,7)8/h1H2. The van der Waals surface area contributed by atoms with Crippen LogP contribution in [0, 0.1) is 0 Å². The van der Waals surface area contributed by atoms with Gasteiger partial charge in [0.1, 0.15) is 0 Å². The second-order valence-corrected chi connectivity index (χ2v) is 4.46. The van der Waals surface area contributed by atoms with Crippen molar-refractivity contribution >= 4 is 46.4 Å². The maximum atomic E-state index is 12.5. The molecule has 0 nitrogen and oxygen atoms in total. The monoisotopic (exact) mass is 266 g/mol. The Bertz CT molecular complexity index is 163. The number of hydrogen-bond acceptors (Lipinski definition) is 0. The van der Waals surface area contributed by atoms with E-state index in [1.807, 2.05) is 0 Å². The average Bonchev–Trinajstić information content (AvgIpc) is 1.85. The van der Waals surface area contributed by atoms with Crippen molar-refractivity contribution in [2.45, 2.75) is 15.6 Å². The zero-order valence-electron chi connectivity index (χ0n) is 5.23. The Morgan fingerprint density at radius 3 is 1.33 bits per heavy atom. The lowest BCUT2D eigenvalue weighted by molar-refractivity contribution is -0.192. The molecule has 0 heterocycles. The Balaban J connectivity index is 4.85. The first-order valence-electron chi connectivity index (χ1n) is 2.44. The molecule has 0 amide bonds. The third-order valence-electron chi connectivity index (χ3n) is 0.983. The highest BCUT2D eigenvalue weighted by atomic mass is 35.6. The van der Waals surface area contributed by atoms with Gasteiger partial charge in [0.05, 0.1) is 5.88 Å². The van der Waals surface area contributed by atoms with Crippen molar-refractivity contribution in [1.29, 1.82) is 0 Å². The van der Waals surface area contributed by atoms with Gasteiger partial charge in [-0.3, -0.25) is 0 Å². The molecule has 0 aliphatic carbocycles. The largest absolute Gasteiger partial charge is 0.357 e. The Morgan fingerprint density at radius 2 is 1.25 bits per heavy atom. The van der Waals surface area contributed by atoms with E-state index in [2.05, 4.69) is 46.4 Å². The van der Waals surface area contributed by atoms with E-state index in [-0.39, 0.29) is 0 Å². The molecule has 0 saturated carbocycles. The maximum absolute atomic E-state index is 12.5. The molecule has 8 heteroatoms. The van der Waals surface area contributed by atoms with E-state index in [1.54, 1.807) is 0 Å². The molecule has 0 spiro atoms. The van der Waals surface area contributed by atoms with E-state index >= 15 is 0 Å². The summed E-state index contributed by atoms with van der Waals surface area (Å²) in [4.78, 5) is 0. The van der Waals surface area contributed by atoms with Crippen LogP contribution in [0.5, 0.6) is 0 Å². The summed E-state index contributed by atoms with van der Waals surface area (Å²) in [7, 11) is 0. The third kappa shape index (κ3) is 2.22. The third-order valence-corrected chi connectivity index (χ3v) is 2.03. The highest BCUT2D eigenvalue weighted by molar-refractivity contribution is 6.68. The first kappa shape index (κ1) is 12.9. The highest BCUT2D eigenvalue weighted by Gasteiger charge is 2.67. The average molecular weight is 268 g/mol. The Morgan fingerprint density at radius 1 is 0.917 bits per heavy atom. The molecule has 0 N–H and O–H groups in total. The minimum Gasteiger partial charge on any atom is -0.198 e. The molecule has 0 aliphatic heterocycles. The van der Waals surface area contributed by atoms with Crippen LogP contribution in [0.25, 0.3) is 0 Å². The van der Waals surface area contributed by atoms with Crippen LogP contribution in [0.15, 0.2) is 0 Å². The summed E-state index contributed by atoms with van der Waals surface area (Å²) in [5, 5.41) is 0. The molecule has 0 aromatic carbocycles. The first-order chi connectivity index (χ1) is 5.06. The SMILES string of the molecule is FC(F)(CCl)C(F)(F)C(Cl)(Cl)Cl. The lowest BCUT2D eigenvalue weighted by Gasteiger charge is -2.29. The van der Waals surface area contributed by atoms with Crippen molar-refractivity contribution in [3.63, 3.8) is 0 Å². The first-order valence-corrected chi connectivity index (χ1v) is 4.11. The van der Waals surface area contributed by atoms with E-state index in [9.17, 15) is 17.6 Å². The smallest absolute Gasteiger partial charge is 0.198 e. The summed E-state index contributed by atoms with van der Waals surface area (Å²) in [6.07, 6.45) is 0. The highest BCUT2D eigenvalue weighted by Crippen LogP contribution is 2.51. The molecule has 0 aromatic rings. The number of hydrogen-bond donors (Lipinski definition) is 0. The van der Waals surface area contributed by atoms with Gasteiger partial charge < -0.3 is 0 Å². The Hall–Kier alpha value is 0.880. The molecule has 0 bridgehead atoms. The number of alkyl halides is 8. The molecular formula is C4H2Cl4F4. The van der Waals surface area contributed by atoms with Gasteiger partial charge in [-0.2, -0.15) is 17.6 Å². The van der Waals surface area contributed by atoms with Crippen LogP contribution in [-0.4, -0.2) is 21.5 Å². The summed E-state index contributed by atoms with van der Waals surface area (Å²) in [5.74, 6) is -10.9. The molecule has 74 valence electrons. The van der Waals surface area contributed by atoms with Crippen LogP contribution >= 0.6 is 46.4 Å². The Labute approximate surface area is 85.7 Å². The zero-order valence-corrected chi connectivity index (χ0v) is 8.25. The lowest BCUT2D eigenvalue weighted by Crippen LogP contribution is -2.51. The fourth-order valence-electron chi connectivity index (χ4n) is 0.291. The summed E-state index contributed by atoms with van der Waals surface area (Å²) in [5.41, 5.74) is 0. The molecule has 0 saturated heterocycles. The van der Waals surface area contributed by atoms with Gasteiger partial charge in [-0.25, -0.2) is 0 Å². The second-order valence-electron chi connectivity index (χ2n) is 1.91. The van der Waals surface area contributed by atoms with Crippen LogP contribution in [0.2, 0.25) is 0 Å². The minimum absolute atomic E-state index is 1.62. The van der Waals surface area contributed by atoms with E-state index in [1.165, 1.54) is 0 Å². The minimum atomic E-state index is -4.79. The van der Waals surface area contributed by atoms with Crippen LogP contribution in [-0.2, 0) is 0 Å². The van der Waals surface area contributed by atoms with Crippen molar-refractivity contribution in [2.75, 3.05) is 5.88 Å². The predicted octanol–water partition coefficient (Wildman–Crippen LogP) is 3.87.